The van der Waals surface area contributed by atoms with Gasteiger partial charge in [-0.3, -0.25) is 4.79 Å². The first-order chi connectivity index (χ1) is 11.1. The minimum Gasteiger partial charge on any atom is -0.497 e. The van der Waals surface area contributed by atoms with Crippen molar-refractivity contribution in [3.05, 3.63) is 53.8 Å². The van der Waals surface area contributed by atoms with Crippen LogP contribution in [0.5, 0.6) is 17.2 Å². The van der Waals surface area contributed by atoms with E-state index in [-0.39, 0.29) is 24.9 Å². The van der Waals surface area contributed by atoms with Crippen molar-refractivity contribution in [3.8, 4) is 17.2 Å². The second kappa shape index (κ2) is 8.03. The van der Waals surface area contributed by atoms with Gasteiger partial charge in [-0.2, -0.15) is 0 Å². The SMILES string of the molecule is COc1cc(OC)cc(C(=O)NCCOc2cccc(F)c2)c1. The van der Waals surface area contributed by atoms with Crippen LogP contribution in [0.25, 0.3) is 0 Å². The van der Waals surface area contributed by atoms with E-state index in [4.69, 9.17) is 14.2 Å². The number of rotatable bonds is 7. The van der Waals surface area contributed by atoms with Crippen LogP contribution in [0.2, 0.25) is 0 Å². The fraction of sp³-hybridized carbons (Fsp3) is 0.235. The molecule has 1 N–H and O–H groups in total. The predicted octanol–water partition coefficient (Wildman–Crippen LogP) is 2.65. The molecule has 0 spiro atoms. The summed E-state index contributed by atoms with van der Waals surface area (Å²) >= 11 is 0. The fourth-order valence-corrected chi connectivity index (χ4v) is 1.93. The molecule has 2 rings (SSSR count). The third kappa shape index (κ3) is 4.88. The molecule has 0 aliphatic carbocycles. The summed E-state index contributed by atoms with van der Waals surface area (Å²) < 4.78 is 28.6. The van der Waals surface area contributed by atoms with Crippen molar-refractivity contribution in [2.75, 3.05) is 27.4 Å². The van der Waals surface area contributed by atoms with Gasteiger partial charge in [0, 0.05) is 17.7 Å². The molecule has 5 nitrogen and oxygen atoms in total. The Kier molecular flexibility index (Phi) is 5.80. The van der Waals surface area contributed by atoms with Gasteiger partial charge < -0.3 is 19.5 Å². The molecule has 2 aromatic rings. The summed E-state index contributed by atoms with van der Waals surface area (Å²) in [5, 5.41) is 2.72. The number of hydrogen-bond donors (Lipinski definition) is 1. The number of benzene rings is 2. The molecule has 0 aliphatic heterocycles. The van der Waals surface area contributed by atoms with Crippen LogP contribution in [0.1, 0.15) is 10.4 Å². The number of methoxy groups -OCH3 is 2. The van der Waals surface area contributed by atoms with E-state index in [9.17, 15) is 9.18 Å². The Labute approximate surface area is 134 Å². The van der Waals surface area contributed by atoms with E-state index >= 15 is 0 Å². The average Bonchev–Trinajstić information content (AvgIpc) is 2.58. The standard InChI is InChI=1S/C17H18FNO4/c1-21-15-8-12(9-16(11-15)22-2)17(20)19-6-7-23-14-5-3-4-13(18)10-14/h3-5,8-11H,6-7H2,1-2H3,(H,19,20). The lowest BCUT2D eigenvalue weighted by atomic mass is 10.2. The summed E-state index contributed by atoms with van der Waals surface area (Å²) in [7, 11) is 3.03. The molecular weight excluding hydrogens is 301 g/mol. The molecule has 0 saturated carbocycles. The number of halogens is 1. The first-order valence-electron chi connectivity index (χ1n) is 7.02. The van der Waals surface area contributed by atoms with E-state index < -0.39 is 0 Å². The second-order valence-electron chi connectivity index (χ2n) is 4.66. The van der Waals surface area contributed by atoms with Crippen LogP contribution < -0.4 is 19.5 Å². The van der Waals surface area contributed by atoms with Crippen molar-refractivity contribution < 1.29 is 23.4 Å². The molecule has 0 radical (unpaired) electrons. The van der Waals surface area contributed by atoms with Crippen molar-refractivity contribution in [1.29, 1.82) is 0 Å². The van der Waals surface area contributed by atoms with Gasteiger partial charge >= 0.3 is 0 Å². The van der Waals surface area contributed by atoms with E-state index in [1.807, 2.05) is 0 Å². The van der Waals surface area contributed by atoms with Gasteiger partial charge in [0.2, 0.25) is 0 Å². The zero-order valence-electron chi connectivity index (χ0n) is 13.0. The lowest BCUT2D eigenvalue weighted by Gasteiger charge is -2.10. The van der Waals surface area contributed by atoms with Gasteiger partial charge in [-0.15, -0.1) is 0 Å². The molecule has 2 aromatic carbocycles. The van der Waals surface area contributed by atoms with Crippen LogP contribution in [-0.2, 0) is 0 Å². The summed E-state index contributed by atoms with van der Waals surface area (Å²) in [5.41, 5.74) is 0.423. The van der Waals surface area contributed by atoms with E-state index in [1.54, 1.807) is 30.3 Å². The van der Waals surface area contributed by atoms with Crippen LogP contribution >= 0.6 is 0 Å². The maximum Gasteiger partial charge on any atom is 0.251 e. The molecular formula is C17H18FNO4. The molecule has 0 aliphatic rings. The molecule has 23 heavy (non-hydrogen) atoms. The summed E-state index contributed by atoms with van der Waals surface area (Å²) in [6, 6.07) is 10.8. The Morgan fingerprint density at radius 1 is 1.04 bits per heavy atom. The second-order valence-corrected chi connectivity index (χ2v) is 4.66. The smallest absolute Gasteiger partial charge is 0.251 e. The topological polar surface area (TPSA) is 56.8 Å². The number of nitrogens with one attached hydrogen (secondary N) is 1. The molecule has 0 atom stereocenters. The Hall–Kier alpha value is -2.76. The zero-order valence-corrected chi connectivity index (χ0v) is 13.0. The third-order valence-electron chi connectivity index (χ3n) is 3.07. The molecule has 0 aromatic heterocycles. The van der Waals surface area contributed by atoms with Crippen LogP contribution in [-0.4, -0.2) is 33.3 Å². The quantitative estimate of drug-likeness (QED) is 0.797. The van der Waals surface area contributed by atoms with Crippen LogP contribution in [0.3, 0.4) is 0 Å². The Balaban J connectivity index is 1.87. The zero-order chi connectivity index (χ0) is 16.7. The van der Waals surface area contributed by atoms with Gasteiger partial charge in [0.05, 0.1) is 20.8 Å². The van der Waals surface area contributed by atoms with Gasteiger partial charge in [0.15, 0.2) is 0 Å². The third-order valence-corrected chi connectivity index (χ3v) is 3.07. The highest BCUT2D eigenvalue weighted by Gasteiger charge is 2.09. The van der Waals surface area contributed by atoms with Crippen molar-refractivity contribution in [2.24, 2.45) is 0 Å². The van der Waals surface area contributed by atoms with Crippen LogP contribution in [0.4, 0.5) is 4.39 Å². The van der Waals surface area contributed by atoms with Crippen molar-refractivity contribution in [2.45, 2.75) is 0 Å². The Morgan fingerprint density at radius 2 is 1.74 bits per heavy atom. The maximum absolute atomic E-state index is 13.0. The van der Waals surface area contributed by atoms with E-state index in [2.05, 4.69) is 5.32 Å². The predicted molar refractivity (Wildman–Crippen MR) is 83.8 cm³/mol. The largest absolute Gasteiger partial charge is 0.497 e. The average molecular weight is 319 g/mol. The van der Waals surface area contributed by atoms with E-state index in [1.165, 1.54) is 26.4 Å². The molecule has 122 valence electrons. The van der Waals surface area contributed by atoms with Gasteiger partial charge in [-0.05, 0) is 24.3 Å². The first kappa shape index (κ1) is 16.6. The minimum absolute atomic E-state index is 0.232. The first-order valence-corrected chi connectivity index (χ1v) is 7.02. The molecule has 0 bridgehead atoms. The molecule has 0 fully saturated rings. The Bertz CT molecular complexity index is 653. The minimum atomic E-state index is -0.366. The molecule has 0 heterocycles. The normalized spacial score (nSPS) is 10.0. The van der Waals surface area contributed by atoms with Gasteiger partial charge in [-0.25, -0.2) is 4.39 Å². The van der Waals surface area contributed by atoms with Crippen LogP contribution in [0.15, 0.2) is 42.5 Å². The van der Waals surface area contributed by atoms with Crippen molar-refractivity contribution in [1.82, 2.24) is 5.32 Å². The number of amides is 1. The summed E-state index contributed by atoms with van der Waals surface area (Å²) in [4.78, 5) is 12.1. The lowest BCUT2D eigenvalue weighted by Crippen LogP contribution is -2.28. The summed E-state index contributed by atoms with van der Waals surface area (Å²) in [6.07, 6.45) is 0. The molecule has 0 saturated heterocycles. The highest BCUT2D eigenvalue weighted by Crippen LogP contribution is 2.22. The Morgan fingerprint density at radius 3 is 2.35 bits per heavy atom. The number of hydrogen-bond acceptors (Lipinski definition) is 4. The van der Waals surface area contributed by atoms with Crippen molar-refractivity contribution >= 4 is 5.91 Å². The van der Waals surface area contributed by atoms with Crippen molar-refractivity contribution in [3.63, 3.8) is 0 Å². The van der Waals surface area contributed by atoms with Crippen LogP contribution in [0, 0.1) is 5.82 Å². The van der Waals surface area contributed by atoms with E-state index in [0.29, 0.717) is 22.8 Å². The number of ether oxygens (including phenoxy) is 3. The van der Waals surface area contributed by atoms with Gasteiger partial charge in [-0.1, -0.05) is 6.07 Å². The maximum atomic E-state index is 13.0. The fourth-order valence-electron chi connectivity index (χ4n) is 1.93. The highest BCUT2D eigenvalue weighted by molar-refractivity contribution is 5.95. The number of carbonyl (C=O) groups excluding carboxylic acids is 1. The molecule has 6 heteroatoms. The molecule has 0 unspecified atom stereocenters. The lowest BCUT2D eigenvalue weighted by molar-refractivity contribution is 0.0946. The summed E-state index contributed by atoms with van der Waals surface area (Å²) in [5.74, 6) is 0.846. The summed E-state index contributed by atoms with van der Waals surface area (Å²) in [6.45, 7) is 0.519. The molecule has 1 amide bonds. The van der Waals surface area contributed by atoms with Gasteiger partial charge in [0.1, 0.15) is 29.7 Å². The number of carbonyl (C=O) groups is 1. The monoisotopic (exact) mass is 319 g/mol. The highest BCUT2D eigenvalue weighted by atomic mass is 19.1. The van der Waals surface area contributed by atoms with E-state index in [0.717, 1.165) is 0 Å². The van der Waals surface area contributed by atoms with Gasteiger partial charge in [0.25, 0.3) is 5.91 Å².